The van der Waals surface area contributed by atoms with Crippen LogP contribution in [0.15, 0.2) is 18.2 Å². The van der Waals surface area contributed by atoms with Crippen LogP contribution in [0.3, 0.4) is 0 Å². The van der Waals surface area contributed by atoms with E-state index in [1.54, 1.807) is 18.2 Å². The van der Waals surface area contributed by atoms with Gasteiger partial charge in [-0.05, 0) is 37.6 Å². The lowest BCUT2D eigenvalue weighted by Gasteiger charge is -2.35. The molecule has 1 aromatic rings. The summed E-state index contributed by atoms with van der Waals surface area (Å²) in [5.41, 5.74) is 0.738. The van der Waals surface area contributed by atoms with Crippen molar-refractivity contribution in [2.24, 2.45) is 5.41 Å². The van der Waals surface area contributed by atoms with E-state index >= 15 is 0 Å². The van der Waals surface area contributed by atoms with Gasteiger partial charge in [0.25, 0.3) is 0 Å². The molecule has 1 amide bonds. The molecule has 0 aliphatic heterocycles. The van der Waals surface area contributed by atoms with E-state index in [4.69, 9.17) is 23.2 Å². The van der Waals surface area contributed by atoms with E-state index in [1.807, 2.05) is 7.05 Å². The van der Waals surface area contributed by atoms with Gasteiger partial charge in [0.2, 0.25) is 5.91 Å². The van der Waals surface area contributed by atoms with Crippen molar-refractivity contribution in [1.82, 2.24) is 4.90 Å². The molecule has 1 aromatic carbocycles. The van der Waals surface area contributed by atoms with Crippen LogP contribution in [0, 0.1) is 5.41 Å². The highest BCUT2D eigenvalue weighted by atomic mass is 35.5. The number of carbonyl (C=O) groups excluding carboxylic acids is 1. The maximum absolute atomic E-state index is 12.0. The van der Waals surface area contributed by atoms with Crippen molar-refractivity contribution in [1.29, 1.82) is 0 Å². The summed E-state index contributed by atoms with van der Waals surface area (Å²) >= 11 is 11.9. The molecule has 0 aromatic heterocycles. The molecule has 0 fully saturated rings. The number of hydrogen-bond acceptors (Lipinski definition) is 2. The van der Waals surface area contributed by atoms with E-state index < -0.39 is 0 Å². The van der Waals surface area contributed by atoms with E-state index in [0.717, 1.165) is 0 Å². The number of nitrogens with zero attached hydrogens (tertiary/aromatic N) is 1. The third-order valence-corrected chi connectivity index (χ3v) is 4.37. The van der Waals surface area contributed by atoms with Crippen LogP contribution in [0.5, 0.6) is 0 Å². The molecule has 3 nitrogen and oxygen atoms in total. The number of anilines is 1. The summed E-state index contributed by atoms with van der Waals surface area (Å²) < 4.78 is 0. The molecular formula is C16H24Cl2N2O. The smallest absolute Gasteiger partial charge is 0.225 e. The molecule has 1 atom stereocenters. The number of halogens is 2. The minimum Gasteiger partial charge on any atom is -0.325 e. The summed E-state index contributed by atoms with van der Waals surface area (Å²) in [4.78, 5) is 14.2. The summed E-state index contributed by atoms with van der Waals surface area (Å²) in [6.45, 7) is 9.45. The van der Waals surface area contributed by atoms with Crippen molar-refractivity contribution in [2.75, 3.05) is 18.9 Å². The maximum Gasteiger partial charge on any atom is 0.225 e. The Kier molecular flexibility index (Phi) is 6.51. The van der Waals surface area contributed by atoms with Crippen molar-refractivity contribution in [3.63, 3.8) is 0 Å². The molecule has 0 radical (unpaired) electrons. The van der Waals surface area contributed by atoms with E-state index in [2.05, 4.69) is 37.9 Å². The molecule has 1 rings (SSSR count). The molecule has 1 N–H and O–H groups in total. The monoisotopic (exact) mass is 330 g/mol. The summed E-state index contributed by atoms with van der Waals surface area (Å²) in [7, 11) is 2.04. The SMILES string of the molecule is CC(N(C)CCC(=O)Nc1cc(Cl)ccc1Cl)C(C)(C)C. The van der Waals surface area contributed by atoms with Crippen LogP contribution in [0.25, 0.3) is 0 Å². The maximum atomic E-state index is 12.0. The number of nitrogens with one attached hydrogen (secondary N) is 1. The van der Waals surface area contributed by atoms with Gasteiger partial charge in [0.05, 0.1) is 10.7 Å². The molecule has 5 heteroatoms. The molecule has 0 saturated heterocycles. The third kappa shape index (κ3) is 5.85. The number of hydrogen-bond donors (Lipinski definition) is 1. The van der Waals surface area contributed by atoms with Crippen molar-refractivity contribution >= 4 is 34.8 Å². The molecule has 21 heavy (non-hydrogen) atoms. The predicted molar refractivity (Wildman–Crippen MR) is 91.3 cm³/mol. The van der Waals surface area contributed by atoms with Gasteiger partial charge in [-0.1, -0.05) is 44.0 Å². The molecule has 0 aliphatic carbocycles. The van der Waals surface area contributed by atoms with Crippen LogP contribution >= 0.6 is 23.2 Å². The van der Waals surface area contributed by atoms with Crippen molar-refractivity contribution < 1.29 is 4.79 Å². The van der Waals surface area contributed by atoms with Gasteiger partial charge in [0, 0.05) is 24.0 Å². The highest BCUT2D eigenvalue weighted by molar-refractivity contribution is 6.35. The van der Waals surface area contributed by atoms with Gasteiger partial charge in [-0.3, -0.25) is 4.79 Å². The highest BCUT2D eigenvalue weighted by Gasteiger charge is 2.23. The second kappa shape index (κ2) is 7.48. The topological polar surface area (TPSA) is 32.3 Å². The van der Waals surface area contributed by atoms with E-state index in [-0.39, 0.29) is 11.3 Å². The van der Waals surface area contributed by atoms with E-state index in [1.165, 1.54) is 0 Å². The van der Waals surface area contributed by atoms with Crippen molar-refractivity contribution in [3.05, 3.63) is 28.2 Å². The van der Waals surface area contributed by atoms with E-state index in [9.17, 15) is 4.79 Å². The first-order chi connectivity index (χ1) is 9.61. The Balaban J connectivity index is 2.53. The minimum absolute atomic E-state index is 0.0628. The first kappa shape index (κ1) is 18.3. The normalized spacial score (nSPS) is 13.3. The van der Waals surface area contributed by atoms with Gasteiger partial charge in [-0.2, -0.15) is 0 Å². The van der Waals surface area contributed by atoms with Crippen LogP contribution in [0.1, 0.15) is 34.1 Å². The fourth-order valence-electron chi connectivity index (χ4n) is 1.94. The number of amides is 1. The quantitative estimate of drug-likeness (QED) is 0.849. The lowest BCUT2D eigenvalue weighted by molar-refractivity contribution is -0.116. The summed E-state index contributed by atoms with van der Waals surface area (Å²) in [6.07, 6.45) is 0.416. The zero-order chi connectivity index (χ0) is 16.2. The van der Waals surface area contributed by atoms with E-state index in [0.29, 0.717) is 34.7 Å². The first-order valence-electron chi connectivity index (χ1n) is 7.06. The molecule has 118 valence electrons. The van der Waals surface area contributed by atoms with Gasteiger partial charge >= 0.3 is 0 Å². The average Bonchev–Trinajstić information content (AvgIpc) is 2.38. The highest BCUT2D eigenvalue weighted by Crippen LogP contribution is 2.26. The Morgan fingerprint density at radius 1 is 1.33 bits per heavy atom. The molecule has 0 spiro atoms. The second-order valence-electron chi connectivity index (χ2n) is 6.44. The fraction of sp³-hybridized carbons (Fsp3) is 0.562. The first-order valence-corrected chi connectivity index (χ1v) is 7.82. The second-order valence-corrected chi connectivity index (χ2v) is 7.29. The Morgan fingerprint density at radius 3 is 2.52 bits per heavy atom. The average molecular weight is 331 g/mol. The summed E-state index contributed by atoms with van der Waals surface area (Å²) in [5.74, 6) is -0.0628. The molecule has 0 heterocycles. The Morgan fingerprint density at radius 2 is 1.95 bits per heavy atom. The summed E-state index contributed by atoms with van der Waals surface area (Å²) in [5, 5.41) is 3.84. The van der Waals surface area contributed by atoms with Gasteiger partial charge in [-0.15, -0.1) is 0 Å². The van der Waals surface area contributed by atoms with Gasteiger partial charge in [0.1, 0.15) is 0 Å². The van der Waals surface area contributed by atoms with Gasteiger partial charge in [-0.25, -0.2) is 0 Å². The van der Waals surface area contributed by atoms with Crippen molar-refractivity contribution in [2.45, 2.75) is 40.2 Å². The minimum atomic E-state index is -0.0628. The Labute approximate surface area is 137 Å². The van der Waals surface area contributed by atoms with Crippen LogP contribution < -0.4 is 5.32 Å². The third-order valence-electron chi connectivity index (χ3n) is 3.81. The number of benzene rings is 1. The molecule has 1 unspecified atom stereocenters. The Bertz CT molecular complexity index is 498. The fourth-order valence-corrected chi connectivity index (χ4v) is 2.28. The predicted octanol–water partition coefficient (Wildman–Crippen LogP) is 4.69. The molecular weight excluding hydrogens is 307 g/mol. The number of rotatable bonds is 5. The van der Waals surface area contributed by atoms with Crippen LogP contribution in [0.2, 0.25) is 10.0 Å². The molecule has 0 bridgehead atoms. The zero-order valence-corrected chi connectivity index (χ0v) is 14.8. The molecule has 0 saturated carbocycles. The van der Waals surface area contributed by atoms with Crippen LogP contribution in [-0.4, -0.2) is 30.4 Å². The van der Waals surface area contributed by atoms with Crippen LogP contribution in [-0.2, 0) is 4.79 Å². The van der Waals surface area contributed by atoms with Gasteiger partial charge < -0.3 is 10.2 Å². The Hall–Kier alpha value is -0.770. The summed E-state index contributed by atoms with van der Waals surface area (Å²) in [6, 6.07) is 5.41. The standard InChI is InChI=1S/C16H24Cl2N2O/c1-11(16(2,3)4)20(5)9-8-15(21)19-14-10-12(17)6-7-13(14)18/h6-7,10-11H,8-9H2,1-5H3,(H,19,21). The van der Waals surface area contributed by atoms with Gasteiger partial charge in [0.15, 0.2) is 0 Å². The van der Waals surface area contributed by atoms with Crippen LogP contribution in [0.4, 0.5) is 5.69 Å². The lowest BCUT2D eigenvalue weighted by Crippen LogP contribution is -2.40. The lowest BCUT2D eigenvalue weighted by atomic mass is 9.87. The molecule has 0 aliphatic rings. The largest absolute Gasteiger partial charge is 0.325 e. The number of carbonyl (C=O) groups is 1. The van der Waals surface area contributed by atoms with Crippen molar-refractivity contribution in [3.8, 4) is 0 Å². The zero-order valence-electron chi connectivity index (χ0n) is 13.3.